The van der Waals surface area contributed by atoms with E-state index < -0.39 is 5.82 Å². The highest BCUT2D eigenvalue weighted by atomic mass is 19.1. The summed E-state index contributed by atoms with van der Waals surface area (Å²) in [5, 5.41) is 22.5. The van der Waals surface area contributed by atoms with Crippen LogP contribution in [0.4, 0.5) is 4.39 Å². The van der Waals surface area contributed by atoms with Gasteiger partial charge in [-0.3, -0.25) is 0 Å². The van der Waals surface area contributed by atoms with E-state index in [1.807, 2.05) is 0 Å². The monoisotopic (exact) mass is 406 g/mol. The molecule has 154 valence electrons. The maximum absolute atomic E-state index is 14.6. The Bertz CT molecular complexity index is 1100. The number of fused-ring (bicyclic) bond motifs is 2. The summed E-state index contributed by atoms with van der Waals surface area (Å²) in [5.41, 5.74) is 2.13. The van der Waals surface area contributed by atoms with Gasteiger partial charge in [-0.15, -0.1) is 10.2 Å². The number of benzene rings is 1. The second-order valence-electron chi connectivity index (χ2n) is 8.56. The minimum absolute atomic E-state index is 0.128. The average molecular weight is 406 g/mol. The molecule has 3 aromatic rings. The van der Waals surface area contributed by atoms with Crippen LogP contribution in [-0.2, 0) is 0 Å². The van der Waals surface area contributed by atoms with Crippen molar-refractivity contribution in [1.29, 1.82) is 0 Å². The van der Waals surface area contributed by atoms with Crippen molar-refractivity contribution in [3.63, 3.8) is 0 Å². The topological polar surface area (TPSA) is 88.8 Å². The van der Waals surface area contributed by atoms with E-state index in [1.54, 1.807) is 12.4 Å². The Balaban J connectivity index is 1.39. The molecular weight excluding hydrogens is 383 g/mol. The number of aromatic nitrogens is 5. The normalized spacial score (nSPS) is 25.4. The molecule has 5 rings (SSSR count). The first-order chi connectivity index (χ1) is 14.4. The molecule has 0 amide bonds. The zero-order chi connectivity index (χ0) is 20.9. The molecule has 1 unspecified atom stereocenters. The number of rotatable bonds is 4. The number of phenols is 1. The van der Waals surface area contributed by atoms with Gasteiger partial charge in [-0.2, -0.15) is 0 Å². The second-order valence-corrected chi connectivity index (χ2v) is 8.56. The minimum Gasteiger partial charge on any atom is -0.507 e. The summed E-state index contributed by atoms with van der Waals surface area (Å²) < 4.78 is 16.1. The highest BCUT2D eigenvalue weighted by Gasteiger charge is 2.42. The first-order valence-corrected chi connectivity index (χ1v) is 10.1. The number of nitrogens with zero attached hydrogens (tertiary/aromatic N) is 5. The third-order valence-electron chi connectivity index (χ3n) is 6.34. The molecule has 4 heterocycles. The summed E-state index contributed by atoms with van der Waals surface area (Å²) in [5.74, 6) is -0.142. The zero-order valence-corrected chi connectivity index (χ0v) is 16.7. The van der Waals surface area contributed by atoms with Crippen LogP contribution in [0.15, 0.2) is 43.6 Å². The minimum atomic E-state index is -0.517. The third-order valence-corrected chi connectivity index (χ3v) is 6.34. The van der Waals surface area contributed by atoms with Crippen molar-refractivity contribution in [2.75, 3.05) is 0 Å². The van der Waals surface area contributed by atoms with Gasteiger partial charge in [-0.25, -0.2) is 14.4 Å². The molecule has 0 aliphatic carbocycles. The summed E-state index contributed by atoms with van der Waals surface area (Å²) in [6.45, 7) is 6.53. The van der Waals surface area contributed by atoms with Crippen molar-refractivity contribution >= 4 is 5.57 Å². The lowest BCUT2D eigenvalue weighted by Gasteiger charge is -2.37. The molecule has 2 aliphatic heterocycles. The number of aromatic hydroxyl groups is 1. The van der Waals surface area contributed by atoms with Crippen molar-refractivity contribution in [2.45, 2.75) is 44.2 Å². The maximum atomic E-state index is 14.6. The number of halogens is 1. The van der Waals surface area contributed by atoms with E-state index in [1.165, 1.54) is 42.1 Å². The summed E-state index contributed by atoms with van der Waals surface area (Å²) in [7, 11) is 0. The molecule has 2 aliphatic rings. The van der Waals surface area contributed by atoms with Gasteiger partial charge in [0.15, 0.2) is 5.82 Å². The molecule has 0 spiro atoms. The van der Waals surface area contributed by atoms with Crippen molar-refractivity contribution in [2.24, 2.45) is 5.92 Å². The van der Waals surface area contributed by atoms with Gasteiger partial charge in [0.1, 0.15) is 17.3 Å². The molecule has 2 N–H and O–H groups in total. The van der Waals surface area contributed by atoms with Crippen molar-refractivity contribution in [3.8, 4) is 22.8 Å². The van der Waals surface area contributed by atoms with Crippen molar-refractivity contribution in [3.05, 3.63) is 55.1 Å². The van der Waals surface area contributed by atoms with Gasteiger partial charge in [0.2, 0.25) is 0 Å². The summed E-state index contributed by atoms with van der Waals surface area (Å²) in [6.07, 6.45) is 10.7. The van der Waals surface area contributed by atoms with Gasteiger partial charge in [-0.05, 0) is 50.2 Å². The Morgan fingerprint density at radius 2 is 2.23 bits per heavy atom. The van der Waals surface area contributed by atoms with Gasteiger partial charge in [0, 0.05) is 30.0 Å². The van der Waals surface area contributed by atoms with E-state index >= 15 is 0 Å². The predicted octanol–water partition coefficient (Wildman–Crippen LogP) is 3.50. The van der Waals surface area contributed by atoms with Crippen LogP contribution in [0.2, 0.25) is 0 Å². The first kappa shape index (κ1) is 18.9. The molecule has 2 saturated heterocycles. The zero-order valence-electron chi connectivity index (χ0n) is 16.7. The van der Waals surface area contributed by atoms with Crippen LogP contribution in [0.25, 0.3) is 22.6 Å². The molecule has 1 aromatic carbocycles. The Morgan fingerprint density at radius 3 is 2.93 bits per heavy atom. The van der Waals surface area contributed by atoms with Gasteiger partial charge in [0.05, 0.1) is 23.8 Å². The molecule has 2 bridgehead atoms. The van der Waals surface area contributed by atoms with E-state index in [0.717, 1.165) is 18.4 Å². The van der Waals surface area contributed by atoms with E-state index in [-0.39, 0.29) is 28.4 Å². The SMILES string of the molecule is C=C(c1cnc(-c2cc(F)c(-n3ccnc3)cc2O)nn1)[C@@H]1CC2CC[C@@](C)(C1)N2. The van der Waals surface area contributed by atoms with Crippen LogP contribution in [0.1, 0.15) is 38.3 Å². The fourth-order valence-corrected chi connectivity index (χ4v) is 4.79. The molecule has 0 saturated carbocycles. The van der Waals surface area contributed by atoms with Gasteiger partial charge in [0.25, 0.3) is 0 Å². The van der Waals surface area contributed by atoms with Crippen LogP contribution in [0.3, 0.4) is 0 Å². The number of piperidine rings is 1. The Hall–Kier alpha value is -3.13. The second kappa shape index (κ2) is 6.98. The van der Waals surface area contributed by atoms with E-state index in [4.69, 9.17) is 0 Å². The van der Waals surface area contributed by atoms with Crippen LogP contribution in [0, 0.1) is 11.7 Å². The van der Waals surface area contributed by atoms with Crippen LogP contribution < -0.4 is 5.32 Å². The summed E-state index contributed by atoms with van der Waals surface area (Å²) >= 11 is 0. The molecule has 7 nitrogen and oxygen atoms in total. The molecule has 2 aromatic heterocycles. The molecule has 8 heteroatoms. The number of allylic oxidation sites excluding steroid dienone is 1. The summed E-state index contributed by atoms with van der Waals surface area (Å²) in [6, 6.07) is 3.06. The number of phenolic OH excluding ortho intramolecular Hbond substituents is 1. The van der Waals surface area contributed by atoms with Crippen LogP contribution in [-0.4, -0.2) is 41.4 Å². The third kappa shape index (κ3) is 3.27. The lowest BCUT2D eigenvalue weighted by atomic mass is 9.80. The van der Waals surface area contributed by atoms with Crippen LogP contribution in [0.5, 0.6) is 5.75 Å². The molecule has 3 atom stereocenters. The van der Waals surface area contributed by atoms with Gasteiger partial charge in [-0.1, -0.05) is 6.58 Å². The smallest absolute Gasteiger partial charge is 0.185 e. The molecular formula is C22H23FN6O. The highest BCUT2D eigenvalue weighted by Crippen LogP contribution is 2.43. The summed E-state index contributed by atoms with van der Waals surface area (Å²) in [4.78, 5) is 8.23. The Kier molecular flexibility index (Phi) is 4.39. The van der Waals surface area contributed by atoms with Gasteiger partial charge >= 0.3 is 0 Å². The highest BCUT2D eigenvalue weighted by molar-refractivity contribution is 5.67. The van der Waals surface area contributed by atoms with Crippen molar-refractivity contribution in [1.82, 2.24) is 30.0 Å². The number of hydrogen-bond acceptors (Lipinski definition) is 6. The first-order valence-electron chi connectivity index (χ1n) is 10.1. The molecule has 30 heavy (non-hydrogen) atoms. The predicted molar refractivity (Wildman–Crippen MR) is 110 cm³/mol. The standard InChI is InChI=1S/C22H23FN6O/c1-13(14-7-15-3-4-22(2,10-14)26-15)18-11-25-21(28-27-18)16-8-17(23)19(9-20(16)30)29-6-5-24-12-29/h5-6,8-9,11-12,14-15,26,30H,1,3-4,7,10H2,2H3/t14-,15?,22+/m1/s1. The lowest BCUT2D eigenvalue weighted by Crippen LogP contribution is -2.47. The van der Waals surface area contributed by atoms with Gasteiger partial charge < -0.3 is 15.0 Å². The lowest BCUT2D eigenvalue weighted by molar-refractivity contribution is 0.261. The fourth-order valence-electron chi connectivity index (χ4n) is 4.79. The number of hydrogen-bond donors (Lipinski definition) is 2. The quantitative estimate of drug-likeness (QED) is 0.689. The van der Waals surface area contributed by atoms with E-state index in [0.29, 0.717) is 17.7 Å². The van der Waals surface area contributed by atoms with Crippen molar-refractivity contribution < 1.29 is 9.50 Å². The number of nitrogens with one attached hydrogen (secondary N) is 1. The molecule has 0 radical (unpaired) electrons. The Morgan fingerprint density at radius 1 is 1.37 bits per heavy atom. The van der Waals surface area contributed by atoms with Crippen LogP contribution >= 0.6 is 0 Å². The average Bonchev–Trinajstić information content (AvgIpc) is 3.36. The number of imidazole rings is 1. The fraction of sp³-hybridized carbons (Fsp3) is 0.364. The Labute approximate surface area is 173 Å². The maximum Gasteiger partial charge on any atom is 0.185 e. The van der Waals surface area contributed by atoms with E-state index in [9.17, 15) is 9.50 Å². The largest absolute Gasteiger partial charge is 0.507 e. The molecule has 2 fully saturated rings. The van der Waals surface area contributed by atoms with E-state index in [2.05, 4.69) is 39.0 Å².